The van der Waals surface area contributed by atoms with Gasteiger partial charge in [-0.25, -0.2) is 0 Å². The minimum atomic E-state index is -0.320. The van der Waals surface area contributed by atoms with Gasteiger partial charge in [0.1, 0.15) is 12.4 Å². The van der Waals surface area contributed by atoms with Crippen molar-refractivity contribution in [2.24, 2.45) is 0 Å². The van der Waals surface area contributed by atoms with Gasteiger partial charge in [-0.15, -0.1) is 0 Å². The van der Waals surface area contributed by atoms with Gasteiger partial charge in [-0.1, -0.05) is 19.9 Å². The van der Waals surface area contributed by atoms with Gasteiger partial charge in [-0.05, 0) is 45.3 Å². The van der Waals surface area contributed by atoms with Crippen LogP contribution in [-0.2, 0) is 9.31 Å². The predicted octanol–water partition coefficient (Wildman–Crippen LogP) is 2.82. The van der Waals surface area contributed by atoms with E-state index in [1.165, 1.54) is 0 Å². The molecule has 0 bridgehead atoms. The molecule has 0 aliphatic carbocycles. The number of fused-ring (bicyclic) bond motifs is 1. The minimum Gasteiger partial charge on any atom is -0.490 e. The van der Waals surface area contributed by atoms with E-state index in [0.29, 0.717) is 6.61 Å². The van der Waals surface area contributed by atoms with Crippen LogP contribution >= 0.6 is 0 Å². The lowest BCUT2D eigenvalue weighted by molar-refractivity contribution is 0.00578. The van der Waals surface area contributed by atoms with Gasteiger partial charge in [0.15, 0.2) is 0 Å². The van der Waals surface area contributed by atoms with Crippen LogP contribution in [0.1, 0.15) is 41.5 Å². The third-order valence-corrected chi connectivity index (χ3v) is 4.20. The molecule has 2 aliphatic rings. The lowest BCUT2D eigenvalue weighted by atomic mass is 9.79. The Morgan fingerprint density at radius 2 is 1.67 bits per heavy atom. The average molecular weight is 291 g/mol. The molecule has 3 rings (SSSR count). The van der Waals surface area contributed by atoms with Gasteiger partial charge in [0.05, 0.1) is 16.9 Å². The summed E-state index contributed by atoms with van der Waals surface area (Å²) >= 11 is 0. The van der Waals surface area contributed by atoms with Gasteiger partial charge >= 0.3 is 7.12 Å². The first-order valence-electron chi connectivity index (χ1n) is 7.75. The largest absolute Gasteiger partial charge is 0.494 e. The molecule has 4 nitrogen and oxygen atoms in total. The quantitative estimate of drug-likeness (QED) is 0.808. The Hall–Kier alpha value is -1.20. The van der Waals surface area contributed by atoms with E-state index >= 15 is 0 Å². The Kier molecular flexibility index (Phi) is 4.54. The molecule has 0 amide bonds. The number of anilines is 1. The van der Waals surface area contributed by atoms with Gasteiger partial charge < -0.3 is 19.4 Å². The van der Waals surface area contributed by atoms with Crippen molar-refractivity contribution < 1.29 is 14.0 Å². The first-order chi connectivity index (χ1) is 9.89. The second-order valence-electron chi connectivity index (χ2n) is 6.12. The monoisotopic (exact) mass is 291 g/mol. The van der Waals surface area contributed by atoms with Crippen molar-refractivity contribution in [3.05, 3.63) is 18.2 Å². The van der Waals surface area contributed by atoms with Crippen LogP contribution in [0.5, 0.6) is 5.75 Å². The third-order valence-electron chi connectivity index (χ3n) is 4.20. The maximum Gasteiger partial charge on any atom is 0.494 e. The lowest BCUT2D eigenvalue weighted by Gasteiger charge is -2.32. The van der Waals surface area contributed by atoms with E-state index < -0.39 is 0 Å². The van der Waals surface area contributed by atoms with E-state index in [0.717, 1.165) is 23.4 Å². The number of hydrogen-bond acceptors (Lipinski definition) is 4. The summed E-state index contributed by atoms with van der Waals surface area (Å²) in [4.78, 5) is 0. The molecule has 1 aromatic carbocycles. The summed E-state index contributed by atoms with van der Waals surface area (Å²) in [5.41, 5.74) is 1.42. The van der Waals surface area contributed by atoms with E-state index in [1.54, 1.807) is 0 Å². The number of rotatable bonds is 1. The molecule has 5 heteroatoms. The SMILES string of the molecule is CC.CC1(C)OB(c2ccc3c(c2)NCCO3)OC1(C)C. The highest BCUT2D eigenvalue weighted by Crippen LogP contribution is 2.37. The molecule has 1 fully saturated rings. The van der Waals surface area contributed by atoms with Crippen molar-refractivity contribution in [3.8, 4) is 5.75 Å². The summed E-state index contributed by atoms with van der Waals surface area (Å²) < 4.78 is 17.7. The molecule has 0 radical (unpaired) electrons. The van der Waals surface area contributed by atoms with Crippen LogP contribution in [0.3, 0.4) is 0 Å². The van der Waals surface area contributed by atoms with Crippen molar-refractivity contribution in [1.82, 2.24) is 0 Å². The van der Waals surface area contributed by atoms with E-state index in [1.807, 2.05) is 26.0 Å². The molecule has 1 N–H and O–H groups in total. The average Bonchev–Trinajstić information content (AvgIpc) is 2.69. The van der Waals surface area contributed by atoms with Crippen LogP contribution < -0.4 is 15.5 Å². The zero-order valence-electron chi connectivity index (χ0n) is 13.9. The number of ether oxygens (including phenoxy) is 1. The maximum absolute atomic E-state index is 6.05. The standard InChI is InChI=1S/C14H20BNO3.C2H6/c1-13(2)14(3,4)19-15(18-13)10-5-6-12-11(9-10)16-7-8-17-12;1-2/h5-6,9,16H,7-8H2,1-4H3;1-2H3. The summed E-state index contributed by atoms with van der Waals surface area (Å²) in [7, 11) is -0.320. The fraction of sp³-hybridized carbons (Fsp3) is 0.625. The van der Waals surface area contributed by atoms with Gasteiger partial charge in [0.25, 0.3) is 0 Å². The molecular weight excluding hydrogens is 265 g/mol. The number of hydrogen-bond donors (Lipinski definition) is 1. The van der Waals surface area contributed by atoms with Gasteiger partial charge in [-0.3, -0.25) is 0 Å². The van der Waals surface area contributed by atoms with Gasteiger partial charge in [-0.2, -0.15) is 0 Å². The van der Waals surface area contributed by atoms with Gasteiger partial charge in [0.2, 0.25) is 0 Å². The van der Waals surface area contributed by atoms with Crippen molar-refractivity contribution in [2.75, 3.05) is 18.5 Å². The zero-order chi connectivity index (χ0) is 15.7. The Bertz CT molecular complexity index is 486. The molecule has 21 heavy (non-hydrogen) atoms. The predicted molar refractivity (Wildman–Crippen MR) is 87.5 cm³/mol. The number of benzene rings is 1. The summed E-state index contributed by atoms with van der Waals surface area (Å²) in [6, 6.07) is 6.03. The zero-order valence-corrected chi connectivity index (χ0v) is 13.9. The molecule has 1 aromatic rings. The van der Waals surface area contributed by atoms with E-state index in [-0.39, 0.29) is 18.3 Å². The molecule has 0 aromatic heterocycles. The molecule has 2 aliphatic heterocycles. The van der Waals surface area contributed by atoms with Crippen molar-refractivity contribution in [3.63, 3.8) is 0 Å². The minimum absolute atomic E-state index is 0.308. The second kappa shape index (κ2) is 5.89. The third kappa shape index (κ3) is 3.04. The van der Waals surface area contributed by atoms with Crippen LogP contribution in [0.2, 0.25) is 0 Å². The highest BCUT2D eigenvalue weighted by molar-refractivity contribution is 6.62. The van der Waals surface area contributed by atoms with E-state index in [9.17, 15) is 0 Å². The van der Waals surface area contributed by atoms with Crippen LogP contribution in [0, 0.1) is 0 Å². The van der Waals surface area contributed by atoms with Crippen LogP contribution in [0.15, 0.2) is 18.2 Å². The van der Waals surface area contributed by atoms with Crippen molar-refractivity contribution in [1.29, 1.82) is 0 Å². The molecule has 0 unspecified atom stereocenters. The van der Waals surface area contributed by atoms with E-state index in [2.05, 4.69) is 39.1 Å². The fourth-order valence-corrected chi connectivity index (χ4v) is 2.28. The highest BCUT2D eigenvalue weighted by atomic mass is 16.7. The Morgan fingerprint density at radius 3 is 2.29 bits per heavy atom. The molecule has 0 saturated carbocycles. The normalized spacial score (nSPS) is 21.5. The van der Waals surface area contributed by atoms with Crippen LogP contribution in [0.25, 0.3) is 0 Å². The first-order valence-corrected chi connectivity index (χ1v) is 7.75. The Balaban J connectivity index is 0.000000774. The first kappa shape index (κ1) is 16.2. The van der Waals surface area contributed by atoms with E-state index in [4.69, 9.17) is 14.0 Å². The second-order valence-corrected chi connectivity index (χ2v) is 6.12. The van der Waals surface area contributed by atoms with Crippen LogP contribution in [0.4, 0.5) is 5.69 Å². The lowest BCUT2D eigenvalue weighted by Crippen LogP contribution is -2.41. The smallest absolute Gasteiger partial charge is 0.490 e. The maximum atomic E-state index is 6.05. The molecule has 0 atom stereocenters. The highest BCUT2D eigenvalue weighted by Gasteiger charge is 2.51. The summed E-state index contributed by atoms with van der Waals surface area (Å²) in [5.74, 6) is 0.895. The fourth-order valence-electron chi connectivity index (χ4n) is 2.28. The topological polar surface area (TPSA) is 39.7 Å². The number of nitrogens with one attached hydrogen (secondary N) is 1. The molecular formula is C16H26BNO3. The molecule has 2 heterocycles. The van der Waals surface area contributed by atoms with Crippen LogP contribution in [-0.4, -0.2) is 31.5 Å². The van der Waals surface area contributed by atoms with Crippen molar-refractivity contribution in [2.45, 2.75) is 52.7 Å². The summed E-state index contributed by atoms with van der Waals surface area (Å²) in [5, 5.41) is 3.33. The summed E-state index contributed by atoms with van der Waals surface area (Å²) in [6.45, 7) is 13.8. The Labute approximate surface area is 128 Å². The molecule has 1 saturated heterocycles. The summed E-state index contributed by atoms with van der Waals surface area (Å²) in [6.07, 6.45) is 0. The van der Waals surface area contributed by atoms with Crippen molar-refractivity contribution >= 4 is 18.3 Å². The van der Waals surface area contributed by atoms with Gasteiger partial charge in [0, 0.05) is 6.54 Å². The molecule has 116 valence electrons. The molecule has 0 spiro atoms. The Morgan fingerprint density at radius 1 is 1.05 bits per heavy atom.